The third kappa shape index (κ3) is 1.20. The van der Waals surface area contributed by atoms with Crippen LogP contribution in [0.3, 0.4) is 0 Å². The van der Waals surface area contributed by atoms with Crippen molar-refractivity contribution in [2.75, 3.05) is 0 Å². The van der Waals surface area contributed by atoms with E-state index in [4.69, 9.17) is 0 Å². The molecular weight excluding hydrogens is 156 g/mol. The van der Waals surface area contributed by atoms with Crippen LogP contribution in [0.25, 0.3) is 0 Å². The van der Waals surface area contributed by atoms with Gasteiger partial charge in [-0.3, -0.25) is 0 Å². The molecule has 0 fully saturated rings. The van der Waals surface area contributed by atoms with Crippen molar-refractivity contribution >= 4 is 5.82 Å². The first-order chi connectivity index (χ1) is 5.74. The number of aromatic hydroxyl groups is 1. The Kier molecular flexibility index (Phi) is 2.47. The molecule has 1 aromatic heterocycles. The quantitative estimate of drug-likeness (QED) is 0.680. The maximum atomic E-state index is 10.3. The van der Waals surface area contributed by atoms with E-state index in [2.05, 4.69) is 10.2 Å². The molecule has 0 atom stereocenters. The van der Waals surface area contributed by atoms with Gasteiger partial charge in [0.2, 0.25) is 0 Å². The van der Waals surface area contributed by atoms with Gasteiger partial charge in [0.05, 0.1) is 0 Å². The molecule has 0 bridgehead atoms. The van der Waals surface area contributed by atoms with Crippen molar-refractivity contribution in [2.45, 2.75) is 26.7 Å². The van der Waals surface area contributed by atoms with Gasteiger partial charge in [-0.15, -0.1) is 4.91 Å². The number of aromatic nitrogens is 1. The standard InChI is InChI=1S/C8H12N2O2/c1-3-5-6(4-2)8(11)9-7(5)10-12/h9,11H,3-4H2,1-2H3. The highest BCUT2D eigenvalue weighted by molar-refractivity contribution is 5.51. The zero-order chi connectivity index (χ0) is 9.14. The van der Waals surface area contributed by atoms with Crippen molar-refractivity contribution in [3.05, 3.63) is 16.0 Å². The Hall–Kier alpha value is -1.32. The molecule has 0 saturated heterocycles. The summed E-state index contributed by atoms with van der Waals surface area (Å²) in [6.07, 6.45) is 1.42. The van der Waals surface area contributed by atoms with Crippen molar-refractivity contribution in [3.8, 4) is 5.88 Å². The number of hydrogen-bond donors (Lipinski definition) is 2. The molecular formula is C8H12N2O2. The summed E-state index contributed by atoms with van der Waals surface area (Å²) in [5, 5.41) is 12.1. The Labute approximate surface area is 70.6 Å². The lowest BCUT2D eigenvalue weighted by Gasteiger charge is -1.96. The molecule has 0 radical (unpaired) electrons. The second-order valence-corrected chi connectivity index (χ2v) is 2.58. The van der Waals surface area contributed by atoms with E-state index in [0.29, 0.717) is 12.8 Å². The Bertz CT molecular complexity index is 291. The Morgan fingerprint density at radius 3 is 2.33 bits per heavy atom. The van der Waals surface area contributed by atoms with Crippen LogP contribution in [0, 0.1) is 4.91 Å². The summed E-state index contributed by atoms with van der Waals surface area (Å²) in [7, 11) is 0. The third-order valence-corrected chi connectivity index (χ3v) is 1.97. The van der Waals surface area contributed by atoms with E-state index in [0.717, 1.165) is 11.1 Å². The topological polar surface area (TPSA) is 65.4 Å². The van der Waals surface area contributed by atoms with Crippen molar-refractivity contribution < 1.29 is 5.11 Å². The van der Waals surface area contributed by atoms with Crippen LogP contribution in [0.4, 0.5) is 5.82 Å². The lowest BCUT2D eigenvalue weighted by atomic mass is 10.1. The molecule has 1 rings (SSSR count). The number of H-pyrrole nitrogens is 1. The minimum atomic E-state index is 0.0731. The van der Waals surface area contributed by atoms with Gasteiger partial charge in [0.1, 0.15) is 0 Å². The Morgan fingerprint density at radius 2 is 1.92 bits per heavy atom. The molecule has 12 heavy (non-hydrogen) atoms. The summed E-state index contributed by atoms with van der Waals surface area (Å²) >= 11 is 0. The summed E-state index contributed by atoms with van der Waals surface area (Å²) in [6, 6.07) is 0. The summed E-state index contributed by atoms with van der Waals surface area (Å²) in [5.74, 6) is 0.329. The van der Waals surface area contributed by atoms with Crippen molar-refractivity contribution in [3.63, 3.8) is 0 Å². The van der Waals surface area contributed by atoms with Gasteiger partial charge in [-0.1, -0.05) is 13.8 Å². The van der Waals surface area contributed by atoms with Crippen LogP contribution >= 0.6 is 0 Å². The predicted octanol–water partition coefficient (Wildman–Crippen LogP) is 2.24. The van der Waals surface area contributed by atoms with Gasteiger partial charge in [0.15, 0.2) is 11.7 Å². The van der Waals surface area contributed by atoms with Crippen molar-refractivity contribution in [2.24, 2.45) is 5.18 Å². The first-order valence-corrected chi connectivity index (χ1v) is 4.00. The maximum Gasteiger partial charge on any atom is 0.193 e. The van der Waals surface area contributed by atoms with E-state index < -0.39 is 0 Å². The van der Waals surface area contributed by atoms with E-state index in [9.17, 15) is 10.0 Å². The predicted molar refractivity (Wildman–Crippen MR) is 46.7 cm³/mol. The van der Waals surface area contributed by atoms with Crippen LogP contribution in [0.5, 0.6) is 5.88 Å². The molecule has 4 nitrogen and oxygen atoms in total. The summed E-state index contributed by atoms with van der Waals surface area (Å²) in [5.41, 5.74) is 1.62. The highest BCUT2D eigenvalue weighted by Gasteiger charge is 2.13. The molecule has 0 aromatic carbocycles. The maximum absolute atomic E-state index is 10.3. The fraction of sp³-hybridized carbons (Fsp3) is 0.500. The van der Waals surface area contributed by atoms with E-state index in [1.807, 2.05) is 13.8 Å². The number of rotatable bonds is 3. The largest absolute Gasteiger partial charge is 0.494 e. The molecule has 0 aliphatic carbocycles. The monoisotopic (exact) mass is 168 g/mol. The molecule has 4 heteroatoms. The van der Waals surface area contributed by atoms with Crippen LogP contribution in [-0.2, 0) is 12.8 Å². The van der Waals surface area contributed by atoms with Gasteiger partial charge in [0, 0.05) is 11.1 Å². The molecule has 0 saturated carbocycles. The number of nitrogens with one attached hydrogen (secondary N) is 1. The third-order valence-electron chi connectivity index (χ3n) is 1.97. The Balaban J connectivity index is 3.25. The molecule has 1 heterocycles. The fourth-order valence-electron chi connectivity index (χ4n) is 1.39. The van der Waals surface area contributed by atoms with Crippen molar-refractivity contribution in [1.82, 2.24) is 4.98 Å². The lowest BCUT2D eigenvalue weighted by Crippen LogP contribution is -1.84. The number of aromatic amines is 1. The second kappa shape index (κ2) is 3.38. The highest BCUT2D eigenvalue weighted by atomic mass is 16.3. The second-order valence-electron chi connectivity index (χ2n) is 2.58. The summed E-state index contributed by atoms with van der Waals surface area (Å²) < 4.78 is 0. The van der Waals surface area contributed by atoms with Crippen LogP contribution in [0.1, 0.15) is 25.0 Å². The van der Waals surface area contributed by atoms with Gasteiger partial charge in [-0.05, 0) is 18.0 Å². The first kappa shape index (κ1) is 8.77. The molecule has 2 N–H and O–H groups in total. The minimum absolute atomic E-state index is 0.0731. The van der Waals surface area contributed by atoms with E-state index >= 15 is 0 Å². The molecule has 1 aromatic rings. The average molecular weight is 168 g/mol. The van der Waals surface area contributed by atoms with E-state index in [1.165, 1.54) is 0 Å². The zero-order valence-corrected chi connectivity index (χ0v) is 7.22. The number of nitrogens with zero attached hydrogens (tertiary/aromatic N) is 1. The van der Waals surface area contributed by atoms with Gasteiger partial charge in [0.25, 0.3) is 0 Å². The van der Waals surface area contributed by atoms with Crippen LogP contribution < -0.4 is 0 Å². The molecule has 0 aliphatic rings. The SMILES string of the molecule is CCc1c(O)[nH]c(N=O)c1CC. The van der Waals surface area contributed by atoms with Gasteiger partial charge in [-0.25, -0.2) is 0 Å². The highest BCUT2D eigenvalue weighted by Crippen LogP contribution is 2.30. The fourth-order valence-corrected chi connectivity index (χ4v) is 1.39. The van der Waals surface area contributed by atoms with Gasteiger partial charge in [-0.2, -0.15) is 0 Å². The van der Waals surface area contributed by atoms with Crippen LogP contribution in [0.2, 0.25) is 0 Å². The normalized spacial score (nSPS) is 10.2. The average Bonchev–Trinajstić information content (AvgIpc) is 2.40. The van der Waals surface area contributed by atoms with Gasteiger partial charge < -0.3 is 10.1 Å². The molecule has 0 amide bonds. The first-order valence-electron chi connectivity index (χ1n) is 4.00. The lowest BCUT2D eigenvalue weighted by molar-refractivity contribution is 0.451. The molecule has 0 unspecified atom stereocenters. The van der Waals surface area contributed by atoms with Crippen LogP contribution in [-0.4, -0.2) is 10.1 Å². The van der Waals surface area contributed by atoms with Gasteiger partial charge >= 0.3 is 0 Å². The summed E-state index contributed by atoms with van der Waals surface area (Å²) in [4.78, 5) is 12.8. The molecule has 0 aliphatic heterocycles. The summed E-state index contributed by atoms with van der Waals surface area (Å²) in [6.45, 7) is 3.85. The van der Waals surface area contributed by atoms with E-state index in [-0.39, 0.29) is 11.7 Å². The Morgan fingerprint density at radius 1 is 1.33 bits per heavy atom. The van der Waals surface area contributed by atoms with Crippen molar-refractivity contribution in [1.29, 1.82) is 0 Å². The molecule has 0 spiro atoms. The van der Waals surface area contributed by atoms with E-state index in [1.54, 1.807) is 0 Å². The number of nitroso groups, excluding NO2 is 1. The smallest absolute Gasteiger partial charge is 0.193 e. The van der Waals surface area contributed by atoms with Crippen LogP contribution in [0.15, 0.2) is 5.18 Å². The number of hydrogen-bond acceptors (Lipinski definition) is 3. The zero-order valence-electron chi connectivity index (χ0n) is 7.22. The minimum Gasteiger partial charge on any atom is -0.494 e. The molecule has 66 valence electrons.